The predicted molar refractivity (Wildman–Crippen MR) is 131 cm³/mol. The van der Waals surface area contributed by atoms with Crippen LogP contribution in [0.1, 0.15) is 30.7 Å². The van der Waals surface area contributed by atoms with Crippen LogP contribution in [0.25, 0.3) is 5.57 Å². The first-order chi connectivity index (χ1) is 17.3. The molecule has 9 nitrogen and oxygen atoms in total. The molecule has 0 radical (unpaired) electrons. The van der Waals surface area contributed by atoms with Gasteiger partial charge in [0.25, 0.3) is 0 Å². The Hall–Kier alpha value is -4.41. The first kappa shape index (κ1) is 24.7. The summed E-state index contributed by atoms with van der Waals surface area (Å²) in [7, 11) is 2.48. The minimum atomic E-state index is -1.03. The van der Waals surface area contributed by atoms with Crippen LogP contribution < -0.4 is 19.3 Å². The van der Waals surface area contributed by atoms with E-state index < -0.39 is 23.4 Å². The summed E-state index contributed by atoms with van der Waals surface area (Å²) in [4.78, 5) is 28.6. The van der Waals surface area contributed by atoms with Crippen LogP contribution in [0.5, 0.6) is 11.5 Å². The zero-order chi connectivity index (χ0) is 26.0. The van der Waals surface area contributed by atoms with E-state index >= 15 is 8.78 Å². The van der Waals surface area contributed by atoms with Gasteiger partial charge >= 0.3 is 6.03 Å². The summed E-state index contributed by atoms with van der Waals surface area (Å²) < 4.78 is 40.8. The van der Waals surface area contributed by atoms with E-state index in [1.807, 2.05) is 0 Å². The molecule has 0 saturated heterocycles. The van der Waals surface area contributed by atoms with Crippen LogP contribution in [0.4, 0.5) is 25.0 Å². The number of amides is 2. The van der Waals surface area contributed by atoms with Crippen LogP contribution in [-0.2, 0) is 13.1 Å². The third-order valence-electron chi connectivity index (χ3n) is 5.79. The molecule has 0 unspecified atom stereocenters. The molecule has 3 aromatic rings. The number of methoxy groups -OCH3 is 2. The molecule has 0 spiro atoms. The van der Waals surface area contributed by atoms with Crippen molar-refractivity contribution >= 4 is 28.7 Å². The Bertz CT molecular complexity index is 1340. The van der Waals surface area contributed by atoms with Crippen molar-refractivity contribution in [2.24, 2.45) is 0 Å². The number of carbonyl (C=O) groups is 1. The Morgan fingerprint density at radius 3 is 2.31 bits per heavy atom. The Kier molecular flexibility index (Phi) is 6.91. The summed E-state index contributed by atoms with van der Waals surface area (Å²) in [5.74, 6) is -2.60. The summed E-state index contributed by atoms with van der Waals surface area (Å²) in [6, 6.07) is 2.10. The minimum Gasteiger partial charge on any atom is -0.493 e. The molecule has 1 aliphatic rings. The zero-order valence-corrected chi connectivity index (χ0v) is 20.2. The van der Waals surface area contributed by atoms with Crippen molar-refractivity contribution in [3.63, 3.8) is 0 Å². The molecule has 0 atom stereocenters. The number of pyridine rings is 1. The number of anilines is 2. The van der Waals surface area contributed by atoms with E-state index in [0.29, 0.717) is 33.8 Å². The number of nitrogens with zero attached hydrogens (tertiary/aromatic N) is 5. The number of benzene rings is 1. The molecule has 1 aromatic carbocycles. The largest absolute Gasteiger partial charge is 0.493 e. The molecule has 3 heterocycles. The molecule has 2 amide bonds. The lowest BCUT2D eigenvalue weighted by Gasteiger charge is -2.37. The molecule has 4 rings (SSSR count). The molecule has 1 aliphatic heterocycles. The average Bonchev–Trinajstić information content (AvgIpc) is 2.87. The third kappa shape index (κ3) is 4.35. The molecular weight excluding hydrogens is 470 g/mol. The van der Waals surface area contributed by atoms with Crippen molar-refractivity contribution in [2.75, 3.05) is 24.0 Å². The van der Waals surface area contributed by atoms with Crippen molar-refractivity contribution in [3.8, 4) is 11.5 Å². The highest BCUT2D eigenvalue weighted by molar-refractivity contribution is 6.20. The third-order valence-corrected chi connectivity index (χ3v) is 5.79. The number of hydrogen-bond donors (Lipinski definition) is 1. The van der Waals surface area contributed by atoms with E-state index in [0.717, 1.165) is 11.0 Å². The second-order valence-corrected chi connectivity index (χ2v) is 7.98. The Morgan fingerprint density at radius 1 is 1.11 bits per heavy atom. The van der Waals surface area contributed by atoms with Crippen LogP contribution in [-0.4, -0.2) is 40.9 Å². The maximum Gasteiger partial charge on any atom is 0.329 e. The number of rotatable bonds is 7. The summed E-state index contributed by atoms with van der Waals surface area (Å²) in [6.07, 6.45) is 7.77. The second kappa shape index (κ2) is 10.1. The van der Waals surface area contributed by atoms with Gasteiger partial charge in [-0.15, -0.1) is 0 Å². The van der Waals surface area contributed by atoms with Crippen LogP contribution in [0, 0.1) is 17.0 Å². The number of ether oxygens (including phenoxy) is 2. The van der Waals surface area contributed by atoms with Gasteiger partial charge in [0.1, 0.15) is 12.0 Å². The summed E-state index contributed by atoms with van der Waals surface area (Å²) >= 11 is 0. The Balaban J connectivity index is 1.89. The van der Waals surface area contributed by atoms with Crippen molar-refractivity contribution in [1.29, 1.82) is 5.41 Å². The fourth-order valence-electron chi connectivity index (χ4n) is 4.07. The van der Waals surface area contributed by atoms with Gasteiger partial charge in [-0.25, -0.2) is 23.5 Å². The van der Waals surface area contributed by atoms with Gasteiger partial charge in [0.2, 0.25) is 0 Å². The van der Waals surface area contributed by atoms with Gasteiger partial charge in [-0.2, -0.15) is 0 Å². The molecule has 0 fully saturated rings. The van der Waals surface area contributed by atoms with E-state index in [9.17, 15) is 4.79 Å². The van der Waals surface area contributed by atoms with Gasteiger partial charge < -0.3 is 14.9 Å². The highest BCUT2D eigenvalue weighted by atomic mass is 19.1. The maximum atomic E-state index is 15.3. The van der Waals surface area contributed by atoms with Crippen molar-refractivity contribution < 1.29 is 23.0 Å². The monoisotopic (exact) mass is 494 g/mol. The fraction of sp³-hybridized carbons (Fsp3) is 0.240. The number of urea groups is 1. The Labute approximate surface area is 206 Å². The number of fused-ring (bicyclic) bond motifs is 1. The highest BCUT2D eigenvalue weighted by Crippen LogP contribution is 2.41. The lowest BCUT2D eigenvalue weighted by molar-refractivity contribution is 0.249. The normalized spacial score (nSPS) is 13.5. The average molecular weight is 495 g/mol. The van der Waals surface area contributed by atoms with E-state index in [2.05, 4.69) is 15.0 Å². The lowest BCUT2D eigenvalue weighted by Crippen LogP contribution is -2.47. The van der Waals surface area contributed by atoms with Crippen LogP contribution in [0.15, 0.2) is 43.1 Å². The van der Waals surface area contributed by atoms with Gasteiger partial charge in [0.05, 0.1) is 38.7 Å². The number of allylic oxidation sites excluding steroid dienone is 2. The maximum absolute atomic E-state index is 15.3. The Morgan fingerprint density at radius 2 is 1.75 bits per heavy atom. The number of nitrogens with one attached hydrogen (secondary N) is 1. The van der Waals surface area contributed by atoms with Crippen molar-refractivity contribution in [2.45, 2.75) is 26.9 Å². The number of halogens is 2. The number of hydrogen-bond acceptors (Lipinski definition) is 7. The van der Waals surface area contributed by atoms with E-state index in [-0.39, 0.29) is 24.6 Å². The minimum absolute atomic E-state index is 0.0334. The highest BCUT2D eigenvalue weighted by Gasteiger charge is 2.37. The zero-order valence-electron chi connectivity index (χ0n) is 20.2. The van der Waals surface area contributed by atoms with Crippen molar-refractivity contribution in [3.05, 3.63) is 71.6 Å². The first-order valence-corrected chi connectivity index (χ1v) is 10.9. The van der Waals surface area contributed by atoms with Crippen LogP contribution in [0.3, 0.4) is 0 Å². The van der Waals surface area contributed by atoms with Crippen molar-refractivity contribution in [1.82, 2.24) is 15.0 Å². The standard InChI is InChI=1S/C25H24F2N6O3/c1-5-17(14(2)28)18-6-19-16(10-31-18)12-33(25(34)32(19)11-15-8-29-13-30-9-15)24-22(26)20(35-3)7-21(36-4)23(24)27/h5-10,13,28H,11-12H2,1-4H3/b17-5+,28-14?. The molecule has 186 valence electrons. The SMILES string of the molecule is C/C=C(\C(C)=N)c1cc2c(cn1)CN(c1c(F)c(OC)cc(OC)c1F)C(=O)N2Cc1cncnc1. The smallest absolute Gasteiger partial charge is 0.329 e. The first-order valence-electron chi connectivity index (χ1n) is 10.9. The molecule has 0 bridgehead atoms. The summed E-state index contributed by atoms with van der Waals surface area (Å²) in [5, 5.41) is 8.05. The van der Waals surface area contributed by atoms with Gasteiger partial charge in [0.15, 0.2) is 23.1 Å². The fourth-order valence-corrected chi connectivity index (χ4v) is 4.07. The molecule has 0 aliphatic carbocycles. The van der Waals surface area contributed by atoms with Gasteiger partial charge in [0, 0.05) is 47.1 Å². The number of carbonyl (C=O) groups excluding carboxylic acids is 1. The van der Waals surface area contributed by atoms with Crippen LogP contribution >= 0.6 is 0 Å². The molecule has 0 saturated carbocycles. The van der Waals surface area contributed by atoms with Gasteiger partial charge in [-0.3, -0.25) is 14.8 Å². The second-order valence-electron chi connectivity index (χ2n) is 7.98. The van der Waals surface area contributed by atoms with E-state index in [4.69, 9.17) is 14.9 Å². The topological polar surface area (TPSA) is 105 Å². The molecule has 36 heavy (non-hydrogen) atoms. The number of aromatic nitrogens is 3. The van der Waals surface area contributed by atoms with Crippen LogP contribution in [0.2, 0.25) is 0 Å². The quantitative estimate of drug-likeness (QED) is 0.475. The van der Waals surface area contributed by atoms with E-state index in [1.54, 1.807) is 38.4 Å². The summed E-state index contributed by atoms with van der Waals surface area (Å²) in [5.41, 5.74) is 2.48. The van der Waals surface area contributed by atoms with Gasteiger partial charge in [-0.05, 0) is 19.9 Å². The molecule has 11 heteroatoms. The summed E-state index contributed by atoms with van der Waals surface area (Å²) in [6.45, 7) is 3.32. The van der Waals surface area contributed by atoms with E-state index in [1.165, 1.54) is 31.6 Å². The molecular formula is C25H24F2N6O3. The van der Waals surface area contributed by atoms with Gasteiger partial charge in [-0.1, -0.05) is 6.08 Å². The molecule has 2 aromatic heterocycles. The molecule has 1 N–H and O–H groups in total. The lowest BCUT2D eigenvalue weighted by atomic mass is 10.0. The predicted octanol–water partition coefficient (Wildman–Crippen LogP) is 4.76.